The topological polar surface area (TPSA) is 80.5 Å². The predicted molar refractivity (Wildman–Crippen MR) is 78.8 cm³/mol. The first-order chi connectivity index (χ1) is 11.8. The van der Waals surface area contributed by atoms with Crippen LogP contribution in [0.15, 0.2) is 30.7 Å². The van der Waals surface area contributed by atoms with E-state index in [1.807, 2.05) is 0 Å². The molecule has 1 fully saturated rings. The van der Waals surface area contributed by atoms with Gasteiger partial charge < -0.3 is 14.7 Å². The van der Waals surface area contributed by atoms with Crippen molar-refractivity contribution in [3.63, 3.8) is 0 Å². The summed E-state index contributed by atoms with van der Waals surface area (Å²) in [7, 11) is 1.69. The summed E-state index contributed by atoms with van der Waals surface area (Å²) in [6, 6.07) is 2.33. The van der Waals surface area contributed by atoms with E-state index < -0.39 is 35.5 Å². The molecule has 134 valence electrons. The molecule has 3 rings (SSSR count). The maximum atomic E-state index is 13.0. The molecular formula is C15H15F3N4O3. The third kappa shape index (κ3) is 3.58. The Morgan fingerprint density at radius 1 is 1.40 bits per heavy atom. The Balaban J connectivity index is 1.76. The van der Waals surface area contributed by atoms with Crippen molar-refractivity contribution in [2.45, 2.75) is 18.4 Å². The molecular weight excluding hydrogens is 341 g/mol. The summed E-state index contributed by atoms with van der Waals surface area (Å²) in [6.45, 7) is -0.170. The van der Waals surface area contributed by atoms with Crippen molar-refractivity contribution in [2.24, 2.45) is 7.05 Å². The highest BCUT2D eigenvalue weighted by atomic mass is 19.4. The fraction of sp³-hybridized carbons (Fsp3) is 0.400. The van der Waals surface area contributed by atoms with Crippen LogP contribution in [0.3, 0.4) is 0 Å². The quantitative estimate of drug-likeness (QED) is 0.891. The van der Waals surface area contributed by atoms with Crippen molar-refractivity contribution in [1.82, 2.24) is 19.7 Å². The molecule has 0 radical (unpaired) electrons. The number of carbonyl (C=O) groups excluding carboxylic acids is 1. The molecule has 2 aromatic heterocycles. The highest BCUT2D eigenvalue weighted by Crippen LogP contribution is 2.31. The Labute approximate surface area is 140 Å². The zero-order chi connectivity index (χ0) is 18.2. The minimum absolute atomic E-state index is 0.0406. The number of alkyl halides is 3. The molecule has 2 aromatic rings. The minimum atomic E-state index is -4.74. The van der Waals surface area contributed by atoms with Gasteiger partial charge >= 0.3 is 6.18 Å². The molecule has 0 aliphatic carbocycles. The number of aromatic nitrogens is 3. The van der Waals surface area contributed by atoms with Crippen LogP contribution in [0.1, 0.15) is 16.1 Å². The molecule has 25 heavy (non-hydrogen) atoms. The number of hydrogen-bond donors (Lipinski definition) is 1. The fourth-order valence-corrected chi connectivity index (χ4v) is 2.65. The fourth-order valence-electron chi connectivity index (χ4n) is 2.65. The lowest BCUT2D eigenvalue weighted by atomic mass is 10.1. The molecule has 10 heteroatoms. The van der Waals surface area contributed by atoms with E-state index >= 15 is 0 Å². The van der Waals surface area contributed by atoms with Crippen LogP contribution in [-0.4, -0.2) is 56.0 Å². The normalized spacial score (nSPS) is 20.8. The summed E-state index contributed by atoms with van der Waals surface area (Å²) in [6.07, 6.45) is -2.50. The van der Waals surface area contributed by atoms with Crippen molar-refractivity contribution in [2.75, 3.05) is 13.1 Å². The van der Waals surface area contributed by atoms with E-state index in [2.05, 4.69) is 10.1 Å². The molecule has 1 amide bonds. The molecule has 0 saturated carbocycles. The number of hydrogen-bond acceptors (Lipinski definition) is 5. The Kier molecular flexibility index (Phi) is 4.38. The van der Waals surface area contributed by atoms with E-state index in [1.165, 1.54) is 16.9 Å². The third-order valence-electron chi connectivity index (χ3n) is 3.80. The molecule has 2 atom stereocenters. The van der Waals surface area contributed by atoms with E-state index in [0.717, 1.165) is 17.2 Å². The van der Waals surface area contributed by atoms with Crippen LogP contribution in [0.4, 0.5) is 13.2 Å². The molecule has 1 saturated heterocycles. The van der Waals surface area contributed by atoms with Crippen LogP contribution in [0.5, 0.6) is 5.75 Å². The minimum Gasteiger partial charge on any atom is -0.482 e. The van der Waals surface area contributed by atoms with Gasteiger partial charge in [-0.3, -0.25) is 14.5 Å². The summed E-state index contributed by atoms with van der Waals surface area (Å²) in [4.78, 5) is 16.9. The summed E-state index contributed by atoms with van der Waals surface area (Å²) < 4.78 is 46.1. The second-order valence-corrected chi connectivity index (χ2v) is 5.68. The van der Waals surface area contributed by atoms with Gasteiger partial charge in [0.05, 0.1) is 31.0 Å². The standard InChI is InChI=1S/C15H15F3N4O3/c1-21-6-9(5-20-21)25-12-8-22(7-11(12)23)14(24)10-3-2-4-19-13(10)15(16,17)18/h2-6,11-12,23H,7-8H2,1H3/t11-,12-/m1/s1. The Morgan fingerprint density at radius 2 is 2.16 bits per heavy atom. The largest absolute Gasteiger partial charge is 0.482 e. The number of aryl methyl sites for hydroxylation is 1. The van der Waals surface area contributed by atoms with E-state index in [4.69, 9.17) is 4.74 Å². The van der Waals surface area contributed by atoms with Gasteiger partial charge in [0.15, 0.2) is 11.4 Å². The number of aliphatic hydroxyl groups excluding tert-OH is 1. The second-order valence-electron chi connectivity index (χ2n) is 5.68. The third-order valence-corrected chi connectivity index (χ3v) is 3.80. The van der Waals surface area contributed by atoms with Crippen LogP contribution in [0.25, 0.3) is 0 Å². The number of rotatable bonds is 3. The molecule has 1 aliphatic rings. The first-order valence-corrected chi connectivity index (χ1v) is 7.40. The lowest BCUT2D eigenvalue weighted by Gasteiger charge is -2.18. The van der Waals surface area contributed by atoms with Gasteiger partial charge in [0.1, 0.15) is 12.2 Å². The van der Waals surface area contributed by atoms with Gasteiger partial charge in [-0.1, -0.05) is 0 Å². The monoisotopic (exact) mass is 356 g/mol. The highest BCUT2D eigenvalue weighted by Gasteiger charge is 2.41. The first-order valence-electron chi connectivity index (χ1n) is 7.40. The summed E-state index contributed by atoms with van der Waals surface area (Å²) >= 11 is 0. The van der Waals surface area contributed by atoms with Gasteiger partial charge in [0.25, 0.3) is 5.91 Å². The lowest BCUT2D eigenvalue weighted by Crippen LogP contribution is -2.32. The van der Waals surface area contributed by atoms with Crippen molar-refractivity contribution in [3.8, 4) is 5.75 Å². The number of halogens is 3. The maximum Gasteiger partial charge on any atom is 0.434 e. The van der Waals surface area contributed by atoms with Gasteiger partial charge in [-0.15, -0.1) is 0 Å². The smallest absolute Gasteiger partial charge is 0.434 e. The van der Waals surface area contributed by atoms with Crippen molar-refractivity contribution in [1.29, 1.82) is 0 Å². The SMILES string of the molecule is Cn1cc(O[C@@H]2CN(C(=O)c3cccnc3C(F)(F)F)C[C@H]2O)cn1. The zero-order valence-corrected chi connectivity index (χ0v) is 13.1. The number of ether oxygens (including phenoxy) is 1. The summed E-state index contributed by atoms with van der Waals surface area (Å²) in [5.41, 5.74) is -1.80. The number of amides is 1. The average Bonchev–Trinajstić information content (AvgIpc) is 3.12. The van der Waals surface area contributed by atoms with Crippen LogP contribution in [0, 0.1) is 0 Å². The van der Waals surface area contributed by atoms with Crippen molar-refractivity contribution < 1.29 is 27.8 Å². The van der Waals surface area contributed by atoms with Gasteiger partial charge in [0, 0.05) is 13.2 Å². The molecule has 0 spiro atoms. The number of likely N-dealkylation sites (tertiary alicyclic amines) is 1. The molecule has 7 nitrogen and oxygen atoms in total. The lowest BCUT2D eigenvalue weighted by molar-refractivity contribution is -0.141. The van der Waals surface area contributed by atoms with Crippen LogP contribution < -0.4 is 4.74 Å². The van der Waals surface area contributed by atoms with E-state index in [0.29, 0.717) is 5.75 Å². The molecule has 1 aliphatic heterocycles. The van der Waals surface area contributed by atoms with E-state index in [-0.39, 0.29) is 13.1 Å². The first kappa shape index (κ1) is 17.2. The maximum absolute atomic E-state index is 13.0. The van der Waals surface area contributed by atoms with E-state index in [9.17, 15) is 23.1 Å². The van der Waals surface area contributed by atoms with Gasteiger partial charge in [-0.2, -0.15) is 18.3 Å². The molecule has 0 unspecified atom stereocenters. The predicted octanol–water partition coefficient (Wildman–Crippen LogP) is 1.10. The Morgan fingerprint density at radius 3 is 2.80 bits per heavy atom. The van der Waals surface area contributed by atoms with Crippen molar-refractivity contribution in [3.05, 3.63) is 42.0 Å². The number of nitrogens with zero attached hydrogens (tertiary/aromatic N) is 4. The molecule has 3 heterocycles. The van der Waals surface area contributed by atoms with Crippen LogP contribution in [-0.2, 0) is 13.2 Å². The Hall–Kier alpha value is -2.62. The Bertz CT molecular complexity index is 777. The zero-order valence-electron chi connectivity index (χ0n) is 13.1. The number of aliphatic hydroxyl groups is 1. The number of β-amino-alcohol motifs (C(OH)–C–C–N with tert-alkyl or cyclic N) is 1. The molecule has 1 N–H and O–H groups in total. The number of carbonyl (C=O) groups is 1. The van der Waals surface area contributed by atoms with Crippen molar-refractivity contribution >= 4 is 5.91 Å². The molecule has 0 bridgehead atoms. The second kappa shape index (κ2) is 6.36. The summed E-state index contributed by atoms with van der Waals surface area (Å²) in [5.74, 6) is -0.449. The molecule has 0 aromatic carbocycles. The number of pyridine rings is 1. The highest BCUT2D eigenvalue weighted by molar-refractivity contribution is 5.95. The van der Waals surface area contributed by atoms with Crippen LogP contribution in [0.2, 0.25) is 0 Å². The average molecular weight is 356 g/mol. The van der Waals surface area contributed by atoms with Gasteiger partial charge in [0.2, 0.25) is 0 Å². The summed E-state index contributed by atoms with van der Waals surface area (Å²) in [5, 5.41) is 14.0. The van der Waals surface area contributed by atoms with E-state index in [1.54, 1.807) is 13.2 Å². The van der Waals surface area contributed by atoms with Crippen LogP contribution >= 0.6 is 0 Å². The van der Waals surface area contributed by atoms with Gasteiger partial charge in [-0.05, 0) is 12.1 Å². The van der Waals surface area contributed by atoms with Gasteiger partial charge in [-0.25, -0.2) is 0 Å².